The third-order valence-electron chi connectivity index (χ3n) is 7.74. The number of aryl methyl sites for hydroxylation is 1. The molecule has 1 saturated heterocycles. The van der Waals surface area contributed by atoms with Crippen molar-refractivity contribution in [1.29, 1.82) is 0 Å². The molecule has 176 valence electrons. The van der Waals surface area contributed by atoms with Crippen LogP contribution in [0.2, 0.25) is 0 Å². The molecule has 0 bridgehead atoms. The van der Waals surface area contributed by atoms with Crippen molar-refractivity contribution >= 4 is 48.8 Å². The smallest absolute Gasteiger partial charge is 0.225 e. The normalized spacial score (nSPS) is 13.9. The first-order chi connectivity index (χ1) is 17.8. The van der Waals surface area contributed by atoms with Gasteiger partial charge in [0, 0.05) is 30.4 Å². The maximum absolute atomic E-state index is 2.54. The standard InChI is InChI=1S/C33H29N2S/c1-2-34-22-36-33-30(34)21-25-20-26(35-18-8-9-19-35)15-17-29(25)32(33)31-27-13-7-6-12-24(27)14-16-28(31)23-10-4-3-5-11-23/h3-7,10-17,20-22H,2,8-9,18-19H2,1H3/q+1. The molecule has 2 heterocycles. The second-order valence-electron chi connectivity index (χ2n) is 9.78. The van der Waals surface area contributed by atoms with Crippen LogP contribution in [0, 0.1) is 0 Å². The molecule has 6 aromatic rings. The molecule has 0 spiro atoms. The van der Waals surface area contributed by atoms with E-state index in [1.807, 2.05) is 11.3 Å². The number of anilines is 1. The first kappa shape index (κ1) is 21.6. The molecule has 5 aromatic carbocycles. The van der Waals surface area contributed by atoms with E-state index >= 15 is 0 Å². The lowest BCUT2D eigenvalue weighted by atomic mass is 9.87. The highest BCUT2D eigenvalue weighted by molar-refractivity contribution is 7.17. The van der Waals surface area contributed by atoms with Gasteiger partial charge in [0.1, 0.15) is 11.2 Å². The summed E-state index contributed by atoms with van der Waals surface area (Å²) in [6, 6.07) is 33.9. The van der Waals surface area contributed by atoms with E-state index in [2.05, 4.69) is 113 Å². The monoisotopic (exact) mass is 485 g/mol. The van der Waals surface area contributed by atoms with Gasteiger partial charge in [-0.15, -0.1) is 0 Å². The Kier molecular flexibility index (Phi) is 5.25. The zero-order chi connectivity index (χ0) is 24.1. The van der Waals surface area contributed by atoms with Gasteiger partial charge >= 0.3 is 0 Å². The molecule has 0 aliphatic carbocycles. The van der Waals surface area contributed by atoms with E-state index < -0.39 is 0 Å². The van der Waals surface area contributed by atoms with Gasteiger partial charge in [0.2, 0.25) is 11.0 Å². The van der Waals surface area contributed by atoms with Gasteiger partial charge < -0.3 is 4.90 Å². The minimum absolute atomic E-state index is 0.970. The van der Waals surface area contributed by atoms with Gasteiger partial charge in [0.15, 0.2) is 0 Å². The molecule has 0 amide bonds. The number of aromatic nitrogens is 1. The van der Waals surface area contributed by atoms with Crippen molar-refractivity contribution in [2.45, 2.75) is 26.3 Å². The zero-order valence-corrected chi connectivity index (χ0v) is 21.4. The van der Waals surface area contributed by atoms with Crippen LogP contribution in [0.4, 0.5) is 5.69 Å². The minimum atomic E-state index is 0.970. The summed E-state index contributed by atoms with van der Waals surface area (Å²) in [6.45, 7) is 5.53. The molecule has 0 atom stereocenters. The number of nitrogens with zero attached hydrogens (tertiary/aromatic N) is 2. The van der Waals surface area contributed by atoms with Gasteiger partial charge in [0.25, 0.3) is 0 Å². The SMILES string of the molecule is CC[n+]1csc2c(-c3c(-c4ccccc4)ccc4ccccc34)c3ccc(N4CCCC4)cc3cc21. The van der Waals surface area contributed by atoms with E-state index in [-0.39, 0.29) is 0 Å². The highest BCUT2D eigenvalue weighted by atomic mass is 32.1. The topological polar surface area (TPSA) is 7.12 Å². The van der Waals surface area contributed by atoms with Crippen LogP contribution in [0.5, 0.6) is 0 Å². The highest BCUT2D eigenvalue weighted by Gasteiger charge is 2.23. The minimum Gasteiger partial charge on any atom is -0.372 e. The van der Waals surface area contributed by atoms with Crippen LogP contribution in [0.3, 0.4) is 0 Å². The molecule has 0 unspecified atom stereocenters. The van der Waals surface area contributed by atoms with Crippen LogP contribution in [0.15, 0.2) is 96.5 Å². The Labute approximate surface area is 216 Å². The largest absolute Gasteiger partial charge is 0.372 e. The quantitative estimate of drug-likeness (QED) is 0.227. The number of thiazole rings is 1. The number of hydrogen-bond donors (Lipinski definition) is 0. The fourth-order valence-electron chi connectivity index (χ4n) is 5.93. The van der Waals surface area contributed by atoms with Gasteiger partial charge in [-0.2, -0.15) is 4.57 Å². The van der Waals surface area contributed by atoms with Crippen LogP contribution < -0.4 is 9.47 Å². The Hall–Kier alpha value is -3.69. The third-order valence-corrected chi connectivity index (χ3v) is 8.75. The molecule has 0 radical (unpaired) electrons. The van der Waals surface area contributed by atoms with Crippen molar-refractivity contribution in [3.05, 3.63) is 96.5 Å². The van der Waals surface area contributed by atoms with Crippen molar-refractivity contribution in [2.75, 3.05) is 18.0 Å². The van der Waals surface area contributed by atoms with Gasteiger partial charge in [-0.1, -0.05) is 84.1 Å². The summed E-state index contributed by atoms with van der Waals surface area (Å²) in [4.78, 5) is 2.54. The Morgan fingerprint density at radius 3 is 2.36 bits per heavy atom. The summed E-state index contributed by atoms with van der Waals surface area (Å²) >= 11 is 1.87. The molecule has 1 aromatic heterocycles. The molecular formula is C33H29N2S+. The van der Waals surface area contributed by atoms with Crippen LogP contribution in [-0.4, -0.2) is 13.1 Å². The Morgan fingerprint density at radius 2 is 1.53 bits per heavy atom. The fraction of sp³-hybridized carbons (Fsp3) is 0.182. The molecule has 2 nitrogen and oxygen atoms in total. The van der Waals surface area contributed by atoms with Crippen molar-refractivity contribution in [3.8, 4) is 22.3 Å². The molecule has 1 fully saturated rings. The van der Waals surface area contributed by atoms with Crippen molar-refractivity contribution < 1.29 is 4.57 Å². The summed E-state index contributed by atoms with van der Waals surface area (Å²) in [5.41, 5.74) is 10.2. The lowest BCUT2D eigenvalue weighted by Gasteiger charge is -2.20. The summed E-state index contributed by atoms with van der Waals surface area (Å²) in [5, 5.41) is 5.26. The number of hydrogen-bond acceptors (Lipinski definition) is 2. The number of benzene rings is 5. The van der Waals surface area contributed by atoms with E-state index in [0.29, 0.717) is 0 Å². The first-order valence-electron chi connectivity index (χ1n) is 13.0. The van der Waals surface area contributed by atoms with Crippen LogP contribution in [0.1, 0.15) is 19.8 Å². The van der Waals surface area contributed by atoms with Crippen molar-refractivity contribution in [2.24, 2.45) is 0 Å². The molecule has 0 saturated carbocycles. The van der Waals surface area contributed by atoms with Gasteiger partial charge in [-0.05, 0) is 70.1 Å². The maximum Gasteiger partial charge on any atom is 0.225 e. The molecular weight excluding hydrogens is 456 g/mol. The fourth-order valence-corrected chi connectivity index (χ4v) is 7.05. The van der Waals surface area contributed by atoms with Gasteiger partial charge in [-0.3, -0.25) is 0 Å². The summed E-state index contributed by atoms with van der Waals surface area (Å²) in [7, 11) is 0. The summed E-state index contributed by atoms with van der Waals surface area (Å²) < 4.78 is 3.77. The van der Waals surface area contributed by atoms with Crippen molar-refractivity contribution in [3.63, 3.8) is 0 Å². The molecule has 1 aliphatic rings. The molecule has 1 aliphatic heterocycles. The number of rotatable bonds is 4. The zero-order valence-electron chi connectivity index (χ0n) is 20.6. The summed E-state index contributed by atoms with van der Waals surface area (Å²) in [5.74, 6) is 0. The average molecular weight is 486 g/mol. The van der Waals surface area contributed by atoms with Gasteiger partial charge in [0.05, 0.1) is 0 Å². The third kappa shape index (κ3) is 3.42. The van der Waals surface area contributed by atoms with Crippen molar-refractivity contribution in [1.82, 2.24) is 0 Å². The molecule has 7 rings (SSSR count). The first-order valence-corrected chi connectivity index (χ1v) is 13.9. The molecule has 3 heteroatoms. The summed E-state index contributed by atoms with van der Waals surface area (Å²) in [6.07, 6.45) is 2.58. The Balaban J connectivity index is 1.62. The molecule has 36 heavy (non-hydrogen) atoms. The van der Waals surface area contributed by atoms with E-state index in [0.717, 1.165) is 19.6 Å². The lowest BCUT2D eigenvalue weighted by Crippen LogP contribution is -2.29. The maximum atomic E-state index is 2.54. The van der Waals surface area contributed by atoms with Crippen LogP contribution in [0.25, 0.3) is 54.0 Å². The predicted molar refractivity (Wildman–Crippen MR) is 155 cm³/mol. The van der Waals surface area contributed by atoms with E-state index in [1.165, 1.54) is 72.5 Å². The predicted octanol–water partition coefficient (Wildman–Crippen LogP) is 8.45. The second-order valence-corrected chi connectivity index (χ2v) is 10.6. The van der Waals surface area contributed by atoms with E-state index in [4.69, 9.17) is 0 Å². The van der Waals surface area contributed by atoms with E-state index in [1.54, 1.807) is 0 Å². The molecule has 0 N–H and O–H groups in total. The average Bonchev–Trinajstić information content (AvgIpc) is 3.62. The highest BCUT2D eigenvalue weighted by Crippen LogP contribution is 2.46. The van der Waals surface area contributed by atoms with Crippen LogP contribution >= 0.6 is 11.3 Å². The van der Waals surface area contributed by atoms with E-state index in [9.17, 15) is 0 Å². The van der Waals surface area contributed by atoms with Gasteiger partial charge in [-0.25, -0.2) is 0 Å². The lowest BCUT2D eigenvalue weighted by molar-refractivity contribution is -0.663. The van der Waals surface area contributed by atoms with Crippen LogP contribution in [-0.2, 0) is 6.54 Å². The Morgan fingerprint density at radius 1 is 0.750 bits per heavy atom. The Bertz CT molecular complexity index is 1730. The number of fused-ring (bicyclic) bond motifs is 3. The second kappa shape index (κ2) is 8.76.